The molecule has 0 aromatic carbocycles. The first kappa shape index (κ1) is 10.6. The Morgan fingerprint density at radius 1 is 1.31 bits per heavy atom. The predicted molar refractivity (Wildman–Crippen MR) is 60.1 cm³/mol. The first-order chi connectivity index (χ1) is 5.83. The second-order valence-corrected chi connectivity index (χ2v) is 9.83. The maximum Gasteiger partial charge on any atom is 0.250 e. The average Bonchev–Trinajstić information content (AvgIpc) is 2.35. The third-order valence-corrected chi connectivity index (χ3v) is 7.27. The fourth-order valence-electron chi connectivity index (χ4n) is 0.960. The van der Waals surface area contributed by atoms with Crippen molar-refractivity contribution in [3.63, 3.8) is 0 Å². The minimum Gasteiger partial charge on any atom is -0.544 e. The fourth-order valence-corrected chi connectivity index (χ4v) is 2.01. The van der Waals surface area contributed by atoms with Crippen LogP contribution in [0.15, 0.2) is 24.0 Å². The molecule has 0 atom stereocenters. The lowest BCUT2D eigenvalue weighted by atomic mass is 10.2. The van der Waals surface area contributed by atoms with E-state index >= 15 is 0 Å². The van der Waals surface area contributed by atoms with Crippen molar-refractivity contribution in [1.29, 1.82) is 0 Å². The molecule has 0 unspecified atom stereocenters. The minimum atomic E-state index is -1.59. The van der Waals surface area contributed by atoms with E-state index in [1.807, 2.05) is 0 Å². The largest absolute Gasteiger partial charge is 0.544 e. The van der Waals surface area contributed by atoms with E-state index in [9.17, 15) is 0 Å². The van der Waals surface area contributed by atoms with Crippen molar-refractivity contribution in [3.8, 4) is 0 Å². The van der Waals surface area contributed by atoms with Gasteiger partial charge in [0.15, 0.2) is 0 Å². The van der Waals surface area contributed by atoms with Gasteiger partial charge in [-0.1, -0.05) is 26.8 Å². The quantitative estimate of drug-likeness (QED) is 0.610. The zero-order valence-electron chi connectivity index (χ0n) is 9.35. The molecule has 0 N–H and O–H groups in total. The molecule has 0 radical (unpaired) electrons. The number of hydrogen-bond donors (Lipinski definition) is 0. The van der Waals surface area contributed by atoms with Crippen molar-refractivity contribution in [1.82, 2.24) is 0 Å². The van der Waals surface area contributed by atoms with Gasteiger partial charge in [0.1, 0.15) is 0 Å². The molecule has 0 aromatic heterocycles. The zero-order chi connectivity index (χ0) is 10.1. The average molecular weight is 196 g/mol. The van der Waals surface area contributed by atoms with Gasteiger partial charge in [-0.2, -0.15) is 0 Å². The summed E-state index contributed by atoms with van der Waals surface area (Å²) < 4.78 is 6.08. The third kappa shape index (κ3) is 2.47. The highest BCUT2D eigenvalue weighted by atomic mass is 28.4. The van der Waals surface area contributed by atoms with E-state index in [4.69, 9.17) is 4.43 Å². The number of hydrogen-bond acceptors (Lipinski definition) is 1. The number of allylic oxidation sites excluding steroid dienone is 3. The molecule has 0 saturated carbocycles. The SMILES string of the molecule is CC(C)(C)[Si](C)(C)OC1=CCC=C1. The van der Waals surface area contributed by atoms with Crippen molar-refractivity contribution in [2.45, 2.75) is 45.3 Å². The van der Waals surface area contributed by atoms with Gasteiger partial charge in [-0.3, -0.25) is 0 Å². The van der Waals surface area contributed by atoms with Crippen molar-refractivity contribution < 1.29 is 4.43 Å². The van der Waals surface area contributed by atoms with Gasteiger partial charge in [0, 0.05) is 0 Å². The van der Waals surface area contributed by atoms with Crippen LogP contribution in [0.4, 0.5) is 0 Å². The smallest absolute Gasteiger partial charge is 0.250 e. The van der Waals surface area contributed by atoms with Crippen molar-refractivity contribution >= 4 is 8.32 Å². The molecule has 0 aliphatic heterocycles. The molecule has 1 aliphatic rings. The summed E-state index contributed by atoms with van der Waals surface area (Å²) in [5.74, 6) is 1.08. The Balaban J connectivity index is 2.66. The molecule has 13 heavy (non-hydrogen) atoms. The molecular formula is C11H20OSi. The van der Waals surface area contributed by atoms with Gasteiger partial charge >= 0.3 is 0 Å². The van der Waals surface area contributed by atoms with Crippen molar-refractivity contribution in [2.75, 3.05) is 0 Å². The lowest BCUT2D eigenvalue weighted by Gasteiger charge is -2.36. The molecule has 0 spiro atoms. The first-order valence-electron chi connectivity index (χ1n) is 4.89. The van der Waals surface area contributed by atoms with Gasteiger partial charge in [0.05, 0.1) is 5.76 Å². The highest BCUT2D eigenvalue weighted by Crippen LogP contribution is 2.38. The molecule has 1 nitrogen and oxygen atoms in total. The van der Waals surface area contributed by atoms with E-state index in [2.05, 4.69) is 52.1 Å². The standard InChI is InChI=1S/C11H20OSi/c1-11(2,3)13(4,5)12-10-8-6-7-9-10/h6,8-9H,7H2,1-5H3. The molecule has 2 heteroatoms. The monoisotopic (exact) mass is 196 g/mol. The Morgan fingerprint density at radius 2 is 1.92 bits per heavy atom. The van der Waals surface area contributed by atoms with Crippen LogP contribution in [0.1, 0.15) is 27.2 Å². The van der Waals surface area contributed by atoms with Crippen molar-refractivity contribution in [2.24, 2.45) is 0 Å². The Bertz CT molecular complexity index is 243. The summed E-state index contributed by atoms with van der Waals surface area (Å²) in [5, 5.41) is 0.296. The van der Waals surface area contributed by atoms with Crippen LogP contribution in [0.5, 0.6) is 0 Å². The van der Waals surface area contributed by atoms with Crippen LogP contribution in [-0.4, -0.2) is 8.32 Å². The molecule has 0 heterocycles. The molecule has 74 valence electrons. The Hall–Kier alpha value is -0.503. The van der Waals surface area contributed by atoms with E-state index in [0.717, 1.165) is 12.2 Å². The molecule has 0 fully saturated rings. The Kier molecular flexibility index (Phi) is 2.71. The lowest BCUT2D eigenvalue weighted by Crippen LogP contribution is -2.40. The van der Waals surface area contributed by atoms with Crippen LogP contribution in [0, 0.1) is 0 Å². The third-order valence-electron chi connectivity index (χ3n) is 2.92. The van der Waals surface area contributed by atoms with Gasteiger partial charge in [0.2, 0.25) is 8.32 Å². The first-order valence-corrected chi connectivity index (χ1v) is 7.79. The molecule has 0 aromatic rings. The van der Waals surface area contributed by atoms with Gasteiger partial charge in [-0.15, -0.1) is 0 Å². The summed E-state index contributed by atoms with van der Waals surface area (Å²) >= 11 is 0. The second-order valence-electron chi connectivity index (χ2n) is 5.11. The Labute approximate surface area is 82.6 Å². The van der Waals surface area contributed by atoms with Crippen LogP contribution < -0.4 is 0 Å². The normalized spacial score (nSPS) is 17.5. The van der Waals surface area contributed by atoms with Crippen LogP contribution in [0.2, 0.25) is 18.1 Å². The summed E-state index contributed by atoms with van der Waals surface area (Å²) in [6, 6.07) is 0. The summed E-state index contributed by atoms with van der Waals surface area (Å²) in [7, 11) is -1.59. The highest BCUT2D eigenvalue weighted by molar-refractivity contribution is 6.74. The summed E-state index contributed by atoms with van der Waals surface area (Å²) in [6.07, 6.45) is 7.41. The lowest BCUT2D eigenvalue weighted by molar-refractivity contribution is 0.400. The van der Waals surface area contributed by atoms with Crippen LogP contribution >= 0.6 is 0 Å². The molecule has 0 amide bonds. The van der Waals surface area contributed by atoms with E-state index in [1.165, 1.54) is 0 Å². The van der Waals surface area contributed by atoms with E-state index in [1.54, 1.807) is 0 Å². The topological polar surface area (TPSA) is 9.23 Å². The number of rotatable bonds is 2. The van der Waals surface area contributed by atoms with Gasteiger partial charge < -0.3 is 4.43 Å². The second kappa shape index (κ2) is 3.33. The van der Waals surface area contributed by atoms with E-state index in [0.29, 0.717) is 5.04 Å². The van der Waals surface area contributed by atoms with E-state index in [-0.39, 0.29) is 0 Å². The summed E-state index contributed by atoms with van der Waals surface area (Å²) in [4.78, 5) is 0. The van der Waals surface area contributed by atoms with Gasteiger partial charge in [-0.25, -0.2) is 0 Å². The minimum absolute atomic E-state index is 0.296. The molecule has 0 bridgehead atoms. The van der Waals surface area contributed by atoms with Crippen LogP contribution in [-0.2, 0) is 4.43 Å². The van der Waals surface area contributed by atoms with Crippen molar-refractivity contribution in [3.05, 3.63) is 24.0 Å². The van der Waals surface area contributed by atoms with Crippen LogP contribution in [0.25, 0.3) is 0 Å². The summed E-state index contributed by atoms with van der Waals surface area (Å²) in [6.45, 7) is 11.3. The molecule has 1 rings (SSSR count). The van der Waals surface area contributed by atoms with E-state index < -0.39 is 8.32 Å². The Morgan fingerprint density at radius 3 is 2.31 bits per heavy atom. The maximum absolute atomic E-state index is 6.08. The highest BCUT2D eigenvalue weighted by Gasteiger charge is 2.39. The zero-order valence-corrected chi connectivity index (χ0v) is 10.3. The van der Waals surface area contributed by atoms with Gasteiger partial charge in [0.25, 0.3) is 0 Å². The maximum atomic E-state index is 6.08. The van der Waals surface area contributed by atoms with Gasteiger partial charge in [-0.05, 0) is 36.7 Å². The molecule has 1 aliphatic carbocycles. The molecule has 0 saturated heterocycles. The fraction of sp³-hybridized carbons (Fsp3) is 0.636. The summed E-state index contributed by atoms with van der Waals surface area (Å²) in [5.41, 5.74) is 0. The molecular weight excluding hydrogens is 176 g/mol. The predicted octanol–water partition coefficient (Wildman–Crippen LogP) is 3.85. The van der Waals surface area contributed by atoms with Crippen LogP contribution in [0.3, 0.4) is 0 Å².